The zero-order valence-corrected chi connectivity index (χ0v) is 19.2. The van der Waals surface area contributed by atoms with Crippen molar-refractivity contribution in [2.45, 2.75) is 44.2 Å². The highest BCUT2D eigenvalue weighted by molar-refractivity contribution is 5.86. The maximum absolute atomic E-state index is 13.0. The lowest BCUT2D eigenvalue weighted by Crippen LogP contribution is -2.42. The number of aliphatic hydroxyl groups excluding tert-OH is 1. The molecule has 1 aliphatic heterocycles. The largest absolute Gasteiger partial charge is 0.456 e. The van der Waals surface area contributed by atoms with Crippen molar-refractivity contribution >= 4 is 17.8 Å². The minimum atomic E-state index is -0.597. The maximum Gasteiger partial charge on any atom is 0.306 e. The molecule has 3 atom stereocenters. The first-order valence-electron chi connectivity index (χ1n) is 11.7. The maximum atomic E-state index is 13.0. The molecule has 3 N–H and O–H groups in total. The normalized spacial score (nSPS) is 20.3. The monoisotopic (exact) mass is 464 g/mol. The molecule has 0 fully saturated rings. The van der Waals surface area contributed by atoms with E-state index in [9.17, 15) is 19.5 Å². The van der Waals surface area contributed by atoms with Crippen molar-refractivity contribution in [3.63, 3.8) is 0 Å². The van der Waals surface area contributed by atoms with E-state index in [0.717, 1.165) is 11.1 Å². The van der Waals surface area contributed by atoms with Crippen molar-refractivity contribution in [3.05, 3.63) is 83.9 Å². The third-order valence-electron chi connectivity index (χ3n) is 5.72. The molecule has 0 spiro atoms. The molecule has 7 heteroatoms. The summed E-state index contributed by atoms with van der Waals surface area (Å²) < 4.78 is 5.60. The number of esters is 1. The third-order valence-corrected chi connectivity index (χ3v) is 5.72. The number of carbonyl (C=O) groups excluding carboxylic acids is 3. The fourth-order valence-corrected chi connectivity index (χ4v) is 3.88. The topological polar surface area (TPSA) is 105 Å². The van der Waals surface area contributed by atoms with Gasteiger partial charge in [0.2, 0.25) is 11.8 Å². The molecule has 0 saturated carbocycles. The Kier molecular flexibility index (Phi) is 9.85. The third kappa shape index (κ3) is 8.15. The molecule has 1 heterocycles. The van der Waals surface area contributed by atoms with Crippen LogP contribution in [0.25, 0.3) is 0 Å². The van der Waals surface area contributed by atoms with Gasteiger partial charge in [0, 0.05) is 12.8 Å². The fraction of sp³-hybridized carbons (Fsp3) is 0.370. The van der Waals surface area contributed by atoms with Gasteiger partial charge in [0.05, 0.1) is 25.1 Å². The van der Waals surface area contributed by atoms with Gasteiger partial charge >= 0.3 is 5.97 Å². The van der Waals surface area contributed by atoms with Gasteiger partial charge < -0.3 is 20.5 Å². The predicted molar refractivity (Wildman–Crippen MR) is 129 cm³/mol. The highest BCUT2D eigenvalue weighted by Gasteiger charge is 2.25. The lowest BCUT2D eigenvalue weighted by atomic mass is 9.98. The predicted octanol–water partition coefficient (Wildman–Crippen LogP) is 2.85. The Labute approximate surface area is 200 Å². The average Bonchev–Trinajstić information content (AvgIpc) is 2.85. The van der Waals surface area contributed by atoms with E-state index in [0.29, 0.717) is 19.3 Å². The zero-order chi connectivity index (χ0) is 24.2. The van der Waals surface area contributed by atoms with Crippen molar-refractivity contribution < 1.29 is 24.2 Å². The number of hydrogen-bond acceptors (Lipinski definition) is 5. The summed E-state index contributed by atoms with van der Waals surface area (Å²) in [7, 11) is 0. The molecule has 180 valence electrons. The van der Waals surface area contributed by atoms with Crippen LogP contribution in [0.3, 0.4) is 0 Å². The molecule has 0 bridgehead atoms. The van der Waals surface area contributed by atoms with E-state index in [1.54, 1.807) is 0 Å². The van der Waals surface area contributed by atoms with Gasteiger partial charge in [0.25, 0.3) is 0 Å². The van der Waals surface area contributed by atoms with Gasteiger partial charge in [-0.25, -0.2) is 0 Å². The summed E-state index contributed by atoms with van der Waals surface area (Å²) in [6, 6.07) is 18.5. The first kappa shape index (κ1) is 25.2. The van der Waals surface area contributed by atoms with Gasteiger partial charge in [0.15, 0.2) is 0 Å². The summed E-state index contributed by atoms with van der Waals surface area (Å²) >= 11 is 0. The van der Waals surface area contributed by atoms with Crippen molar-refractivity contribution in [2.24, 2.45) is 5.92 Å². The van der Waals surface area contributed by atoms with Gasteiger partial charge in [-0.15, -0.1) is 0 Å². The second kappa shape index (κ2) is 13.3. The molecule has 7 nitrogen and oxygen atoms in total. The van der Waals surface area contributed by atoms with E-state index in [-0.39, 0.29) is 43.8 Å². The quantitative estimate of drug-likeness (QED) is 0.432. The number of cyclic esters (lactones) is 1. The Balaban J connectivity index is 1.64. The van der Waals surface area contributed by atoms with Crippen LogP contribution in [0.2, 0.25) is 0 Å². The summed E-state index contributed by atoms with van der Waals surface area (Å²) in [4.78, 5) is 37.9. The van der Waals surface area contributed by atoms with E-state index in [2.05, 4.69) is 10.6 Å². The van der Waals surface area contributed by atoms with Gasteiger partial charge in [-0.05, 0) is 30.4 Å². The Hall–Kier alpha value is -3.45. The SMILES string of the molecule is O=C(C[C@H]1CC=CCCC(=O)O[C@@H](c2ccccc2)CNC1=O)N[C@@H](CO)Cc1ccccc1. The highest BCUT2D eigenvalue weighted by Crippen LogP contribution is 2.19. The summed E-state index contributed by atoms with van der Waals surface area (Å²) in [5.41, 5.74) is 1.81. The number of allylic oxidation sites excluding steroid dienone is 2. The molecule has 0 aromatic heterocycles. The molecule has 3 rings (SSSR count). The molecule has 2 aromatic rings. The molecule has 2 amide bonds. The van der Waals surface area contributed by atoms with Crippen LogP contribution in [0.15, 0.2) is 72.8 Å². The average molecular weight is 465 g/mol. The number of aliphatic hydroxyl groups is 1. The minimum Gasteiger partial charge on any atom is -0.456 e. The molecular weight excluding hydrogens is 432 g/mol. The summed E-state index contributed by atoms with van der Waals surface area (Å²) in [6.45, 7) is -0.0643. The lowest BCUT2D eigenvalue weighted by Gasteiger charge is -2.22. The Morgan fingerprint density at radius 1 is 1.06 bits per heavy atom. The van der Waals surface area contributed by atoms with Crippen LogP contribution >= 0.6 is 0 Å². The van der Waals surface area contributed by atoms with Gasteiger partial charge in [-0.1, -0.05) is 72.8 Å². The Bertz CT molecular complexity index is 962. The smallest absolute Gasteiger partial charge is 0.306 e. The Morgan fingerprint density at radius 2 is 1.76 bits per heavy atom. The fourth-order valence-electron chi connectivity index (χ4n) is 3.88. The van der Waals surface area contributed by atoms with Crippen LogP contribution in [0.4, 0.5) is 0 Å². The van der Waals surface area contributed by atoms with Crippen molar-refractivity contribution in [3.8, 4) is 0 Å². The number of carbonyl (C=O) groups is 3. The second-order valence-electron chi connectivity index (χ2n) is 8.42. The standard InChI is InChI=1S/C27H32N2O5/c30-19-23(16-20-10-4-1-5-11-20)29-25(31)17-22-14-8-3-9-15-26(32)34-24(18-28-27(22)33)21-12-6-2-7-13-21/h1-8,10-13,22-24,30H,9,14-19H2,(H,28,33)(H,29,31)/t22-,23-,24-/m1/s1. The van der Waals surface area contributed by atoms with Crippen LogP contribution in [0.5, 0.6) is 0 Å². The van der Waals surface area contributed by atoms with E-state index in [1.165, 1.54) is 0 Å². The lowest BCUT2D eigenvalue weighted by molar-refractivity contribution is -0.150. The highest BCUT2D eigenvalue weighted by atomic mass is 16.5. The number of ether oxygens (including phenoxy) is 1. The number of nitrogens with one attached hydrogen (secondary N) is 2. The summed E-state index contributed by atoms with van der Waals surface area (Å²) in [5, 5.41) is 15.4. The van der Waals surface area contributed by atoms with E-state index in [1.807, 2.05) is 72.8 Å². The molecule has 2 aromatic carbocycles. The van der Waals surface area contributed by atoms with Crippen molar-refractivity contribution in [1.82, 2.24) is 10.6 Å². The molecule has 0 saturated heterocycles. The van der Waals surface area contributed by atoms with Gasteiger partial charge in [0.1, 0.15) is 6.10 Å². The van der Waals surface area contributed by atoms with Crippen LogP contribution in [-0.2, 0) is 25.5 Å². The zero-order valence-electron chi connectivity index (χ0n) is 19.2. The molecule has 34 heavy (non-hydrogen) atoms. The molecule has 0 radical (unpaired) electrons. The van der Waals surface area contributed by atoms with Crippen molar-refractivity contribution in [1.29, 1.82) is 0 Å². The van der Waals surface area contributed by atoms with Crippen LogP contribution in [0.1, 0.15) is 42.9 Å². The minimum absolute atomic E-state index is 0.00272. The van der Waals surface area contributed by atoms with Crippen LogP contribution < -0.4 is 10.6 Å². The molecule has 1 aliphatic rings. The Morgan fingerprint density at radius 3 is 2.47 bits per heavy atom. The van der Waals surface area contributed by atoms with E-state index >= 15 is 0 Å². The number of amides is 2. The van der Waals surface area contributed by atoms with E-state index in [4.69, 9.17) is 4.74 Å². The molecular formula is C27H32N2O5. The first-order valence-corrected chi connectivity index (χ1v) is 11.7. The van der Waals surface area contributed by atoms with Crippen LogP contribution in [0, 0.1) is 5.92 Å². The number of hydrogen-bond donors (Lipinski definition) is 3. The second-order valence-corrected chi connectivity index (χ2v) is 8.42. The molecule has 0 aliphatic carbocycles. The molecule has 0 unspecified atom stereocenters. The van der Waals surface area contributed by atoms with Crippen LogP contribution in [-0.4, -0.2) is 42.1 Å². The van der Waals surface area contributed by atoms with Gasteiger partial charge in [-0.2, -0.15) is 0 Å². The first-order chi connectivity index (χ1) is 16.5. The summed E-state index contributed by atoms with van der Waals surface area (Å²) in [6.07, 6.45) is 4.70. The summed E-state index contributed by atoms with van der Waals surface area (Å²) in [5.74, 6) is -1.46. The van der Waals surface area contributed by atoms with Crippen molar-refractivity contribution in [2.75, 3.05) is 13.2 Å². The number of benzene rings is 2. The van der Waals surface area contributed by atoms with E-state index < -0.39 is 18.1 Å². The van der Waals surface area contributed by atoms with Gasteiger partial charge in [-0.3, -0.25) is 14.4 Å². The number of rotatable bonds is 7.